The first-order valence-electron chi connectivity index (χ1n) is 12.4. The molecular weight excluding hydrogens is 474 g/mol. The van der Waals surface area contributed by atoms with Gasteiger partial charge in [0.15, 0.2) is 0 Å². The van der Waals surface area contributed by atoms with Crippen LogP contribution in [0.5, 0.6) is 0 Å². The Hall–Kier alpha value is -3.36. The Morgan fingerprint density at radius 2 is 1.86 bits per heavy atom. The maximum absolute atomic E-state index is 13.7. The Balaban J connectivity index is 1.37. The second-order valence-electron chi connectivity index (χ2n) is 9.64. The topological polar surface area (TPSA) is 82.1 Å². The molecule has 0 aliphatic carbocycles. The van der Waals surface area contributed by atoms with Gasteiger partial charge in [0.2, 0.25) is 5.91 Å². The fraction of sp³-hybridized carbons (Fsp3) is 0.370. The van der Waals surface area contributed by atoms with Gasteiger partial charge in [-0.2, -0.15) is 5.10 Å². The Morgan fingerprint density at radius 3 is 2.53 bits per heavy atom. The molecule has 1 aliphatic heterocycles. The van der Waals surface area contributed by atoms with Gasteiger partial charge in [0, 0.05) is 85.9 Å². The van der Waals surface area contributed by atoms with Gasteiger partial charge >= 0.3 is 0 Å². The predicted molar refractivity (Wildman–Crippen MR) is 144 cm³/mol. The van der Waals surface area contributed by atoms with Gasteiger partial charge in [0.25, 0.3) is 0 Å². The first-order chi connectivity index (χ1) is 17.4. The Kier molecular flexibility index (Phi) is 6.98. The quantitative estimate of drug-likeness (QED) is 0.396. The maximum Gasteiger partial charge on any atom is 0.231 e. The van der Waals surface area contributed by atoms with E-state index in [9.17, 15) is 4.79 Å². The Labute approximate surface area is 216 Å². The lowest BCUT2D eigenvalue weighted by atomic mass is 9.96. The van der Waals surface area contributed by atoms with Crippen molar-refractivity contribution in [2.45, 2.75) is 25.8 Å². The Bertz CT molecular complexity index is 1340. The summed E-state index contributed by atoms with van der Waals surface area (Å²) in [4.78, 5) is 25.9. The monoisotopic (exact) mass is 505 g/mol. The van der Waals surface area contributed by atoms with E-state index < -0.39 is 0 Å². The van der Waals surface area contributed by atoms with E-state index >= 15 is 0 Å². The third-order valence-corrected chi connectivity index (χ3v) is 7.03. The van der Waals surface area contributed by atoms with E-state index in [2.05, 4.69) is 45.2 Å². The number of halogens is 1. The number of aromatic amines is 1. The number of amides is 1. The van der Waals surface area contributed by atoms with Crippen molar-refractivity contribution in [2.75, 3.05) is 37.6 Å². The minimum absolute atomic E-state index is 0.152. The van der Waals surface area contributed by atoms with Crippen molar-refractivity contribution in [3.05, 3.63) is 65.7 Å². The highest BCUT2D eigenvalue weighted by Gasteiger charge is 2.30. The normalized spacial score (nSPS) is 15.1. The predicted octanol–water partition coefficient (Wildman–Crippen LogP) is 4.05. The largest absolute Gasteiger partial charge is 0.367 e. The number of aryl methyl sites for hydroxylation is 1. The second-order valence-corrected chi connectivity index (χ2v) is 10.1. The third kappa shape index (κ3) is 4.96. The summed E-state index contributed by atoms with van der Waals surface area (Å²) in [6.07, 6.45) is 7.72. The lowest BCUT2D eigenvalue weighted by molar-refractivity contribution is -0.133. The molecule has 4 aromatic rings. The Morgan fingerprint density at radius 1 is 1.11 bits per heavy atom. The molecule has 188 valence electrons. The number of carbonyl (C=O) groups is 1. The summed E-state index contributed by atoms with van der Waals surface area (Å²) in [5.41, 5.74) is 5.07. The zero-order chi connectivity index (χ0) is 25.2. The lowest BCUT2D eigenvalue weighted by Gasteiger charge is -2.38. The van der Waals surface area contributed by atoms with Crippen molar-refractivity contribution in [3.63, 3.8) is 0 Å². The van der Waals surface area contributed by atoms with Crippen LogP contribution in [0.1, 0.15) is 25.3 Å². The molecule has 0 radical (unpaired) electrons. The minimum Gasteiger partial charge on any atom is -0.367 e. The van der Waals surface area contributed by atoms with E-state index in [-0.39, 0.29) is 11.8 Å². The van der Waals surface area contributed by atoms with Crippen molar-refractivity contribution >= 4 is 34.2 Å². The molecule has 1 aliphatic rings. The maximum atomic E-state index is 13.7. The van der Waals surface area contributed by atoms with Crippen LogP contribution in [0, 0.1) is 0 Å². The average molecular weight is 506 g/mol. The molecule has 2 N–H and O–H groups in total. The molecule has 1 aromatic carbocycles. The number of carbonyl (C=O) groups excluding carboxylic acids is 1. The van der Waals surface area contributed by atoms with Gasteiger partial charge < -0.3 is 20.1 Å². The fourth-order valence-electron chi connectivity index (χ4n) is 4.87. The molecule has 0 saturated carbocycles. The molecule has 1 saturated heterocycles. The molecule has 8 nitrogen and oxygen atoms in total. The summed E-state index contributed by atoms with van der Waals surface area (Å²) >= 11 is 6.11. The van der Waals surface area contributed by atoms with E-state index in [1.54, 1.807) is 4.68 Å². The van der Waals surface area contributed by atoms with Crippen LogP contribution < -0.4 is 10.2 Å². The highest BCUT2D eigenvalue weighted by atomic mass is 35.5. The number of H-pyrrole nitrogens is 1. The van der Waals surface area contributed by atoms with Crippen LogP contribution in [-0.4, -0.2) is 69.3 Å². The van der Waals surface area contributed by atoms with Crippen LogP contribution in [0.2, 0.25) is 5.02 Å². The molecule has 0 bridgehead atoms. The smallest absolute Gasteiger partial charge is 0.231 e. The van der Waals surface area contributed by atoms with E-state index in [4.69, 9.17) is 11.6 Å². The molecule has 0 spiro atoms. The van der Waals surface area contributed by atoms with Crippen molar-refractivity contribution in [1.82, 2.24) is 30.0 Å². The standard InChI is InChI=1S/C27H32ClN7O/c1-18(2)30-16-24(19-4-6-21(28)7-5-19)27(36)35-12-10-34(11-13-35)25-22-8-9-29-26(22)31-15-23(25)20-14-32-33(3)17-20/h4-9,14-15,17-18,24,30H,10-13,16H2,1-3H3,(H,29,31)/t24-/m1/s1. The number of hydrogen-bond acceptors (Lipinski definition) is 5. The minimum atomic E-state index is -0.250. The van der Waals surface area contributed by atoms with Crippen LogP contribution in [-0.2, 0) is 11.8 Å². The summed E-state index contributed by atoms with van der Waals surface area (Å²) in [5, 5.41) is 9.56. The van der Waals surface area contributed by atoms with Gasteiger partial charge in [-0.1, -0.05) is 37.6 Å². The molecule has 4 heterocycles. The van der Waals surface area contributed by atoms with E-state index in [0.29, 0.717) is 30.7 Å². The van der Waals surface area contributed by atoms with Gasteiger partial charge in [-0.3, -0.25) is 9.48 Å². The molecule has 9 heteroatoms. The zero-order valence-electron chi connectivity index (χ0n) is 20.9. The molecular formula is C27H32ClN7O. The second kappa shape index (κ2) is 10.3. The van der Waals surface area contributed by atoms with E-state index in [1.165, 1.54) is 0 Å². The van der Waals surface area contributed by atoms with E-state index in [1.807, 2.05) is 61.0 Å². The summed E-state index contributed by atoms with van der Waals surface area (Å²) in [6, 6.07) is 10.0. The summed E-state index contributed by atoms with van der Waals surface area (Å²) in [6.45, 7) is 7.59. The van der Waals surface area contributed by atoms with Gasteiger partial charge in [0.1, 0.15) is 5.65 Å². The highest BCUT2D eigenvalue weighted by Crippen LogP contribution is 2.36. The fourth-order valence-corrected chi connectivity index (χ4v) is 5.00. The highest BCUT2D eigenvalue weighted by molar-refractivity contribution is 6.30. The van der Waals surface area contributed by atoms with Gasteiger partial charge in [0.05, 0.1) is 17.8 Å². The van der Waals surface area contributed by atoms with Gasteiger partial charge in [-0.05, 0) is 23.8 Å². The molecule has 3 aromatic heterocycles. The van der Waals surface area contributed by atoms with Crippen LogP contribution in [0.15, 0.2) is 55.1 Å². The van der Waals surface area contributed by atoms with Gasteiger partial charge in [-0.15, -0.1) is 0 Å². The number of nitrogens with zero attached hydrogens (tertiary/aromatic N) is 5. The SMILES string of the molecule is CC(C)NC[C@@H](C(=O)N1CCN(c2c(-c3cnn(C)c3)cnc3[nH]ccc23)CC1)c1ccc(Cl)cc1. The first kappa shape index (κ1) is 24.3. The lowest BCUT2D eigenvalue weighted by Crippen LogP contribution is -2.51. The van der Waals surface area contributed by atoms with Crippen LogP contribution in [0.3, 0.4) is 0 Å². The summed E-state index contributed by atoms with van der Waals surface area (Å²) in [5.74, 6) is -0.0985. The summed E-state index contributed by atoms with van der Waals surface area (Å²) < 4.78 is 1.80. The number of anilines is 1. The van der Waals surface area contributed by atoms with Crippen LogP contribution in [0.4, 0.5) is 5.69 Å². The number of rotatable bonds is 7. The number of nitrogens with one attached hydrogen (secondary N) is 2. The average Bonchev–Trinajstić information content (AvgIpc) is 3.53. The summed E-state index contributed by atoms with van der Waals surface area (Å²) in [7, 11) is 1.92. The van der Waals surface area contributed by atoms with Crippen molar-refractivity contribution in [1.29, 1.82) is 0 Å². The zero-order valence-corrected chi connectivity index (χ0v) is 21.7. The molecule has 1 amide bonds. The first-order valence-corrected chi connectivity index (χ1v) is 12.8. The van der Waals surface area contributed by atoms with Crippen LogP contribution >= 0.6 is 11.6 Å². The van der Waals surface area contributed by atoms with Crippen LogP contribution in [0.25, 0.3) is 22.2 Å². The van der Waals surface area contributed by atoms with Crippen molar-refractivity contribution in [2.24, 2.45) is 7.05 Å². The van der Waals surface area contributed by atoms with Crippen molar-refractivity contribution < 1.29 is 4.79 Å². The molecule has 5 rings (SSSR count). The molecule has 36 heavy (non-hydrogen) atoms. The van der Waals surface area contributed by atoms with E-state index in [0.717, 1.165) is 46.5 Å². The number of benzene rings is 1. The number of aromatic nitrogens is 4. The number of hydrogen-bond donors (Lipinski definition) is 2. The number of pyridine rings is 1. The third-order valence-electron chi connectivity index (χ3n) is 6.78. The number of piperazine rings is 1. The molecule has 1 fully saturated rings. The number of fused-ring (bicyclic) bond motifs is 1. The molecule has 0 unspecified atom stereocenters. The molecule has 1 atom stereocenters. The van der Waals surface area contributed by atoms with Gasteiger partial charge in [-0.25, -0.2) is 4.98 Å². The van der Waals surface area contributed by atoms with Crippen molar-refractivity contribution in [3.8, 4) is 11.1 Å².